The molecule has 1 atom stereocenters. The summed E-state index contributed by atoms with van der Waals surface area (Å²) in [5.74, 6) is -0.457. The molecule has 24 heavy (non-hydrogen) atoms. The van der Waals surface area contributed by atoms with Crippen LogP contribution in [0.2, 0.25) is 0 Å². The first-order valence-corrected chi connectivity index (χ1v) is 8.06. The van der Waals surface area contributed by atoms with Crippen molar-refractivity contribution in [1.82, 2.24) is 5.32 Å². The third-order valence-corrected chi connectivity index (χ3v) is 3.99. The normalized spacial score (nSPS) is 11.8. The smallest absolute Gasteiger partial charge is 0.252 e. The number of carbonyl (C=O) groups is 2. The van der Waals surface area contributed by atoms with E-state index in [0.29, 0.717) is 23.1 Å². The van der Waals surface area contributed by atoms with Crippen LogP contribution in [0.4, 0.5) is 0 Å². The molecule has 2 aromatic rings. The van der Waals surface area contributed by atoms with E-state index in [2.05, 4.69) is 5.32 Å². The first kappa shape index (κ1) is 17.9. The highest BCUT2D eigenvalue weighted by Crippen LogP contribution is 2.19. The highest BCUT2D eigenvalue weighted by Gasteiger charge is 2.20. The lowest BCUT2D eigenvalue weighted by molar-refractivity contribution is 0.0924. The predicted octanol–water partition coefficient (Wildman–Crippen LogP) is 3.04. The Morgan fingerprint density at radius 2 is 1.71 bits per heavy atom. The molecular weight excluding hydrogens is 302 g/mol. The van der Waals surface area contributed by atoms with E-state index < -0.39 is 0 Å². The van der Waals surface area contributed by atoms with Crippen LogP contribution in [0.3, 0.4) is 0 Å². The van der Waals surface area contributed by atoms with Crippen LogP contribution in [0.5, 0.6) is 0 Å². The summed E-state index contributed by atoms with van der Waals surface area (Å²) >= 11 is 0. The number of hydrogen-bond donors (Lipinski definition) is 2. The zero-order valence-corrected chi connectivity index (χ0v) is 14.3. The maximum atomic E-state index is 12.9. The summed E-state index contributed by atoms with van der Waals surface area (Å²) in [5, 5.41) is 11.8. The summed E-state index contributed by atoms with van der Waals surface area (Å²) in [6.45, 7) is 5.65. The zero-order valence-electron chi connectivity index (χ0n) is 14.3. The number of hydrogen-bond acceptors (Lipinski definition) is 3. The Balaban J connectivity index is 2.36. The van der Waals surface area contributed by atoms with Crippen LogP contribution in [-0.4, -0.2) is 29.4 Å². The van der Waals surface area contributed by atoms with Crippen LogP contribution in [0.15, 0.2) is 42.5 Å². The first-order valence-electron chi connectivity index (χ1n) is 8.06. The number of ketones is 1. The van der Waals surface area contributed by atoms with E-state index in [9.17, 15) is 9.59 Å². The van der Waals surface area contributed by atoms with Crippen LogP contribution < -0.4 is 5.32 Å². The van der Waals surface area contributed by atoms with Crippen molar-refractivity contribution in [1.29, 1.82) is 0 Å². The van der Waals surface area contributed by atoms with Gasteiger partial charge < -0.3 is 10.4 Å². The summed E-state index contributed by atoms with van der Waals surface area (Å²) in [4.78, 5) is 25.4. The van der Waals surface area contributed by atoms with Crippen molar-refractivity contribution >= 4 is 11.7 Å². The van der Waals surface area contributed by atoms with E-state index in [1.165, 1.54) is 0 Å². The number of rotatable bonds is 6. The molecule has 4 heteroatoms. The molecule has 0 radical (unpaired) electrons. The van der Waals surface area contributed by atoms with Crippen molar-refractivity contribution in [3.05, 3.63) is 70.3 Å². The van der Waals surface area contributed by atoms with Gasteiger partial charge in [-0.25, -0.2) is 0 Å². The molecule has 0 saturated carbocycles. The molecule has 4 nitrogen and oxygen atoms in total. The second-order valence-corrected chi connectivity index (χ2v) is 6.08. The fourth-order valence-electron chi connectivity index (χ4n) is 2.57. The number of nitrogens with one attached hydrogen (secondary N) is 1. The molecule has 0 fully saturated rings. The van der Waals surface area contributed by atoms with Crippen LogP contribution in [-0.2, 0) is 0 Å². The van der Waals surface area contributed by atoms with Gasteiger partial charge in [-0.1, -0.05) is 35.9 Å². The second kappa shape index (κ2) is 7.88. The van der Waals surface area contributed by atoms with E-state index in [1.54, 1.807) is 24.3 Å². The molecule has 2 N–H and O–H groups in total. The van der Waals surface area contributed by atoms with E-state index >= 15 is 0 Å². The quantitative estimate of drug-likeness (QED) is 0.802. The molecule has 0 spiro atoms. The van der Waals surface area contributed by atoms with Gasteiger partial charge >= 0.3 is 0 Å². The van der Waals surface area contributed by atoms with Gasteiger partial charge in [-0.15, -0.1) is 0 Å². The minimum absolute atomic E-state index is 0.00448. The monoisotopic (exact) mass is 325 g/mol. The SMILES string of the molecule is Cc1ccc(C)c(C(=O)c2ccccc2C(=O)NC(C)CCO)c1. The van der Waals surface area contributed by atoms with Crippen molar-refractivity contribution in [2.75, 3.05) is 6.61 Å². The minimum Gasteiger partial charge on any atom is -0.396 e. The van der Waals surface area contributed by atoms with Gasteiger partial charge in [0.2, 0.25) is 0 Å². The third kappa shape index (κ3) is 4.09. The minimum atomic E-state index is -0.301. The Kier molecular flexibility index (Phi) is 5.88. The molecular formula is C20H23NO3. The highest BCUT2D eigenvalue weighted by atomic mass is 16.3. The van der Waals surface area contributed by atoms with E-state index in [0.717, 1.165) is 11.1 Å². The van der Waals surface area contributed by atoms with Gasteiger partial charge in [0.1, 0.15) is 0 Å². The summed E-state index contributed by atoms with van der Waals surface area (Å²) in [6.07, 6.45) is 0.471. The Hall–Kier alpha value is -2.46. The van der Waals surface area contributed by atoms with Crippen LogP contribution in [0.1, 0.15) is 50.8 Å². The first-order chi connectivity index (χ1) is 11.4. The average molecular weight is 325 g/mol. The Morgan fingerprint density at radius 3 is 2.38 bits per heavy atom. The van der Waals surface area contributed by atoms with E-state index in [1.807, 2.05) is 39.0 Å². The standard InChI is InChI=1S/C20H23NO3/c1-13-8-9-14(2)18(12-13)19(23)16-6-4-5-7-17(16)20(24)21-15(3)10-11-22/h4-9,12,15,22H,10-11H2,1-3H3,(H,21,24). The fourth-order valence-corrected chi connectivity index (χ4v) is 2.57. The van der Waals surface area contributed by atoms with Gasteiger partial charge in [-0.2, -0.15) is 0 Å². The van der Waals surface area contributed by atoms with Crippen molar-refractivity contribution in [2.24, 2.45) is 0 Å². The Bertz CT molecular complexity index is 752. The molecule has 0 heterocycles. The second-order valence-electron chi connectivity index (χ2n) is 6.08. The predicted molar refractivity (Wildman–Crippen MR) is 94.4 cm³/mol. The lowest BCUT2D eigenvalue weighted by atomic mass is 9.94. The van der Waals surface area contributed by atoms with Crippen LogP contribution in [0.25, 0.3) is 0 Å². The number of benzene rings is 2. The highest BCUT2D eigenvalue weighted by molar-refractivity contribution is 6.16. The maximum Gasteiger partial charge on any atom is 0.252 e. The van der Waals surface area contributed by atoms with E-state index in [-0.39, 0.29) is 24.3 Å². The maximum absolute atomic E-state index is 12.9. The molecule has 0 aliphatic carbocycles. The molecule has 0 aliphatic heterocycles. The lowest BCUT2D eigenvalue weighted by Crippen LogP contribution is -2.34. The number of carbonyl (C=O) groups excluding carboxylic acids is 2. The fraction of sp³-hybridized carbons (Fsp3) is 0.300. The Labute approximate surface area is 142 Å². The number of aliphatic hydroxyl groups excluding tert-OH is 1. The third-order valence-electron chi connectivity index (χ3n) is 3.99. The van der Waals surface area contributed by atoms with Gasteiger partial charge in [-0.05, 0) is 44.9 Å². The van der Waals surface area contributed by atoms with Gasteiger partial charge in [0.25, 0.3) is 5.91 Å². The molecule has 2 rings (SSSR count). The van der Waals surface area contributed by atoms with Gasteiger partial charge in [-0.3, -0.25) is 9.59 Å². The molecule has 0 aliphatic rings. The van der Waals surface area contributed by atoms with Gasteiger partial charge in [0, 0.05) is 23.8 Å². The summed E-state index contributed by atoms with van der Waals surface area (Å²) in [6, 6.07) is 12.4. The zero-order chi connectivity index (χ0) is 17.7. The number of amides is 1. The van der Waals surface area contributed by atoms with Crippen LogP contribution >= 0.6 is 0 Å². The molecule has 1 amide bonds. The molecule has 126 valence electrons. The largest absolute Gasteiger partial charge is 0.396 e. The number of aryl methyl sites for hydroxylation is 2. The molecule has 2 aromatic carbocycles. The topological polar surface area (TPSA) is 66.4 Å². The lowest BCUT2D eigenvalue weighted by Gasteiger charge is -2.15. The Morgan fingerprint density at radius 1 is 1.04 bits per heavy atom. The summed E-state index contributed by atoms with van der Waals surface area (Å²) in [7, 11) is 0. The summed E-state index contributed by atoms with van der Waals surface area (Å²) in [5.41, 5.74) is 3.24. The van der Waals surface area contributed by atoms with Crippen molar-refractivity contribution in [3.8, 4) is 0 Å². The average Bonchev–Trinajstić information content (AvgIpc) is 2.56. The summed E-state index contributed by atoms with van der Waals surface area (Å²) < 4.78 is 0. The van der Waals surface area contributed by atoms with Crippen LogP contribution in [0, 0.1) is 13.8 Å². The molecule has 1 unspecified atom stereocenters. The van der Waals surface area contributed by atoms with Gasteiger partial charge in [0.15, 0.2) is 5.78 Å². The molecule has 0 bridgehead atoms. The molecule has 0 aromatic heterocycles. The number of aliphatic hydroxyl groups is 1. The van der Waals surface area contributed by atoms with Crippen molar-refractivity contribution < 1.29 is 14.7 Å². The van der Waals surface area contributed by atoms with E-state index in [4.69, 9.17) is 5.11 Å². The van der Waals surface area contributed by atoms with Gasteiger partial charge in [0.05, 0.1) is 5.56 Å². The van der Waals surface area contributed by atoms with Crippen molar-refractivity contribution in [2.45, 2.75) is 33.2 Å². The molecule has 0 saturated heterocycles. The van der Waals surface area contributed by atoms with Crippen molar-refractivity contribution in [3.63, 3.8) is 0 Å².